The fourth-order valence-corrected chi connectivity index (χ4v) is 4.55. The van der Waals surface area contributed by atoms with Crippen molar-refractivity contribution in [2.75, 3.05) is 0 Å². The van der Waals surface area contributed by atoms with E-state index in [0.717, 1.165) is 10.2 Å². The van der Waals surface area contributed by atoms with Crippen LogP contribution in [0.1, 0.15) is 52.7 Å². The smallest absolute Gasteiger partial charge is 0.229 e. The van der Waals surface area contributed by atoms with E-state index in [1.807, 2.05) is 0 Å². The predicted molar refractivity (Wildman–Crippen MR) is 114 cm³/mol. The Morgan fingerprint density at radius 2 is 1.58 bits per heavy atom. The summed E-state index contributed by atoms with van der Waals surface area (Å²) in [6, 6.07) is 4.31. The summed E-state index contributed by atoms with van der Waals surface area (Å²) in [5, 5.41) is 0.213. The Bertz CT molecular complexity index is 570. The van der Waals surface area contributed by atoms with Crippen LogP contribution in [-0.2, 0) is 16.4 Å². The second-order valence-electron chi connectivity index (χ2n) is 9.40. The van der Waals surface area contributed by atoms with E-state index in [1.54, 1.807) is 0 Å². The molecular formula is C19H35BrO2Si2. The number of hydrogen-bond acceptors (Lipinski definition) is 2. The SMILES string of the molecule is C[SiH](C)Oc1cc(Br)cc(CO[Si](C)(C)C(C)(C)C)c1C(C)(C)C. The summed E-state index contributed by atoms with van der Waals surface area (Å²) in [5.74, 6) is 1.02. The molecule has 2 nitrogen and oxygen atoms in total. The Morgan fingerprint density at radius 3 is 2.00 bits per heavy atom. The molecule has 5 heteroatoms. The topological polar surface area (TPSA) is 18.5 Å². The normalized spacial score (nSPS) is 13.5. The third-order valence-electron chi connectivity index (χ3n) is 4.66. The van der Waals surface area contributed by atoms with Crippen LogP contribution in [0.4, 0.5) is 0 Å². The highest BCUT2D eigenvalue weighted by Crippen LogP contribution is 2.40. The van der Waals surface area contributed by atoms with Crippen LogP contribution < -0.4 is 4.43 Å². The lowest BCUT2D eigenvalue weighted by atomic mass is 9.83. The lowest BCUT2D eigenvalue weighted by Gasteiger charge is -2.37. The molecule has 0 radical (unpaired) electrons. The molecule has 1 rings (SSSR count). The van der Waals surface area contributed by atoms with Crippen LogP contribution >= 0.6 is 15.9 Å². The van der Waals surface area contributed by atoms with Gasteiger partial charge in [0.05, 0.1) is 6.61 Å². The number of hydrogen-bond donors (Lipinski definition) is 0. The third-order valence-corrected chi connectivity index (χ3v) is 10.3. The molecule has 0 aromatic heterocycles. The van der Waals surface area contributed by atoms with Crippen molar-refractivity contribution < 1.29 is 8.85 Å². The van der Waals surface area contributed by atoms with Gasteiger partial charge in [0.25, 0.3) is 0 Å². The first-order valence-electron chi connectivity index (χ1n) is 8.78. The van der Waals surface area contributed by atoms with E-state index >= 15 is 0 Å². The number of rotatable bonds is 5. The second kappa shape index (κ2) is 7.64. The molecule has 0 atom stereocenters. The average Bonchev–Trinajstić information content (AvgIpc) is 2.31. The minimum Gasteiger partial charge on any atom is -0.547 e. The van der Waals surface area contributed by atoms with Crippen molar-refractivity contribution in [2.45, 2.75) is 84.8 Å². The predicted octanol–water partition coefficient (Wildman–Crippen LogP) is 6.63. The van der Waals surface area contributed by atoms with E-state index in [9.17, 15) is 0 Å². The lowest BCUT2D eigenvalue weighted by molar-refractivity contribution is 0.273. The van der Waals surface area contributed by atoms with Crippen LogP contribution in [0.3, 0.4) is 0 Å². The molecule has 0 heterocycles. The Labute approximate surface area is 160 Å². The molecule has 0 N–H and O–H groups in total. The molecule has 0 bridgehead atoms. The molecule has 0 saturated carbocycles. The zero-order valence-electron chi connectivity index (χ0n) is 17.1. The molecule has 0 amide bonds. The quantitative estimate of drug-likeness (QED) is 0.487. The highest BCUT2D eigenvalue weighted by atomic mass is 79.9. The Morgan fingerprint density at radius 1 is 1.04 bits per heavy atom. The van der Waals surface area contributed by atoms with Crippen LogP contribution in [0.15, 0.2) is 16.6 Å². The summed E-state index contributed by atoms with van der Waals surface area (Å²) >= 11 is 3.66. The fourth-order valence-electron chi connectivity index (χ4n) is 2.42. The monoisotopic (exact) mass is 430 g/mol. The molecule has 0 saturated heterocycles. The van der Waals surface area contributed by atoms with Crippen LogP contribution in [0.25, 0.3) is 0 Å². The molecule has 0 unspecified atom stereocenters. The first-order valence-corrected chi connectivity index (χ1v) is 15.3. The van der Waals surface area contributed by atoms with Gasteiger partial charge >= 0.3 is 0 Å². The van der Waals surface area contributed by atoms with Gasteiger partial charge in [0.2, 0.25) is 9.04 Å². The molecule has 1 aromatic rings. The van der Waals surface area contributed by atoms with Gasteiger partial charge in [0.1, 0.15) is 5.75 Å². The van der Waals surface area contributed by atoms with Gasteiger partial charge in [-0.15, -0.1) is 0 Å². The maximum Gasteiger partial charge on any atom is 0.229 e. The molecule has 0 aliphatic heterocycles. The minimum atomic E-state index is -1.78. The van der Waals surface area contributed by atoms with Crippen LogP contribution in [0.2, 0.25) is 31.2 Å². The molecular weight excluding hydrogens is 396 g/mol. The van der Waals surface area contributed by atoms with E-state index in [2.05, 4.69) is 95.8 Å². The van der Waals surface area contributed by atoms with E-state index in [0.29, 0.717) is 6.61 Å². The molecule has 0 aliphatic carbocycles. The van der Waals surface area contributed by atoms with Gasteiger partial charge in [-0.2, -0.15) is 0 Å². The molecule has 1 aromatic carbocycles. The maximum absolute atomic E-state index is 6.50. The van der Waals surface area contributed by atoms with E-state index in [-0.39, 0.29) is 10.5 Å². The van der Waals surface area contributed by atoms with Crippen molar-refractivity contribution in [2.24, 2.45) is 0 Å². The van der Waals surface area contributed by atoms with Crippen molar-refractivity contribution >= 4 is 33.3 Å². The standard InChI is InChI=1S/C19H35BrO2Si2/c1-18(2,3)17-14(13-21-24(9,10)19(4,5)6)11-15(20)12-16(17)22-23(7)8/h11-12,23H,13H2,1-10H3. The van der Waals surface area contributed by atoms with E-state index < -0.39 is 17.4 Å². The zero-order chi connectivity index (χ0) is 18.9. The highest BCUT2D eigenvalue weighted by Gasteiger charge is 2.37. The van der Waals surface area contributed by atoms with Crippen molar-refractivity contribution in [3.05, 3.63) is 27.7 Å². The van der Waals surface area contributed by atoms with Crippen LogP contribution in [0.5, 0.6) is 5.75 Å². The lowest BCUT2D eigenvalue weighted by Crippen LogP contribution is -2.40. The summed E-state index contributed by atoms with van der Waals surface area (Å²) in [6.45, 7) is 23.3. The molecule has 24 heavy (non-hydrogen) atoms. The average molecular weight is 432 g/mol. The van der Waals surface area contributed by atoms with Gasteiger partial charge in [-0.05, 0) is 54.3 Å². The van der Waals surface area contributed by atoms with E-state index in [1.165, 1.54) is 11.1 Å². The van der Waals surface area contributed by atoms with Crippen molar-refractivity contribution in [3.8, 4) is 5.75 Å². The zero-order valence-corrected chi connectivity index (χ0v) is 20.9. The van der Waals surface area contributed by atoms with Gasteiger partial charge < -0.3 is 8.85 Å². The number of halogens is 1. The van der Waals surface area contributed by atoms with Crippen LogP contribution in [-0.4, -0.2) is 17.4 Å². The summed E-state index contributed by atoms with van der Waals surface area (Å²) in [6.07, 6.45) is 0. The third kappa shape index (κ3) is 5.72. The summed E-state index contributed by atoms with van der Waals surface area (Å²) < 4.78 is 13.8. The summed E-state index contributed by atoms with van der Waals surface area (Å²) in [4.78, 5) is 0. The largest absolute Gasteiger partial charge is 0.547 e. The Hall–Kier alpha value is -0.106. The highest BCUT2D eigenvalue weighted by molar-refractivity contribution is 9.10. The van der Waals surface area contributed by atoms with Gasteiger partial charge in [-0.25, -0.2) is 0 Å². The summed E-state index contributed by atoms with van der Waals surface area (Å²) in [5.41, 5.74) is 2.54. The second-order valence-corrected chi connectivity index (χ2v) is 17.5. The van der Waals surface area contributed by atoms with Gasteiger partial charge in [-0.1, -0.05) is 57.5 Å². The molecule has 0 fully saturated rings. The van der Waals surface area contributed by atoms with Crippen LogP contribution in [0, 0.1) is 0 Å². The van der Waals surface area contributed by atoms with Crippen molar-refractivity contribution in [1.82, 2.24) is 0 Å². The number of benzene rings is 1. The minimum absolute atomic E-state index is 0.0193. The van der Waals surface area contributed by atoms with Crippen molar-refractivity contribution in [3.63, 3.8) is 0 Å². The Kier molecular flexibility index (Phi) is 6.98. The summed E-state index contributed by atoms with van der Waals surface area (Å²) in [7, 11) is -2.96. The first kappa shape index (κ1) is 21.9. The fraction of sp³-hybridized carbons (Fsp3) is 0.684. The molecule has 0 spiro atoms. The Balaban J connectivity index is 3.29. The molecule has 0 aliphatic rings. The van der Waals surface area contributed by atoms with Crippen molar-refractivity contribution in [1.29, 1.82) is 0 Å². The van der Waals surface area contributed by atoms with Gasteiger partial charge in [0.15, 0.2) is 8.32 Å². The first-order chi connectivity index (χ1) is 10.6. The molecule has 138 valence electrons. The van der Waals surface area contributed by atoms with Gasteiger partial charge in [-0.3, -0.25) is 0 Å². The van der Waals surface area contributed by atoms with E-state index in [4.69, 9.17) is 8.85 Å². The maximum atomic E-state index is 6.50. The van der Waals surface area contributed by atoms with Gasteiger partial charge in [0, 0.05) is 10.0 Å².